The van der Waals surface area contributed by atoms with Gasteiger partial charge in [0, 0.05) is 23.8 Å². The van der Waals surface area contributed by atoms with Gasteiger partial charge in [-0.1, -0.05) is 0 Å². The highest BCUT2D eigenvalue weighted by molar-refractivity contribution is 8.06. The van der Waals surface area contributed by atoms with Crippen LogP contribution >= 0.6 is 36.2 Å². The number of ether oxygens (including phenoxy) is 2. The van der Waals surface area contributed by atoms with Crippen molar-refractivity contribution in [3.05, 3.63) is 0 Å². The minimum absolute atomic E-state index is 0.590. The molecule has 1 aliphatic heterocycles. The third kappa shape index (κ3) is 5.44. The van der Waals surface area contributed by atoms with E-state index >= 15 is 0 Å². The molecule has 1 heterocycles. The second kappa shape index (κ2) is 5.78. The highest BCUT2D eigenvalue weighted by atomic mass is 32.2. The van der Waals surface area contributed by atoms with E-state index in [1.54, 1.807) is 7.11 Å². The Kier molecular flexibility index (Phi) is 4.98. The zero-order chi connectivity index (χ0) is 9.68. The number of thiocarbonyl (C=S) groups is 2. The number of hydrogen-bond donors (Lipinski definition) is 0. The van der Waals surface area contributed by atoms with Crippen LogP contribution in [0.5, 0.6) is 0 Å². The fraction of sp³-hybridized carbons (Fsp3) is 0.750. The van der Waals surface area contributed by atoms with E-state index in [0.29, 0.717) is 28.2 Å². The summed E-state index contributed by atoms with van der Waals surface area (Å²) in [5, 5.41) is 1.91. The normalized spacial score (nSPS) is 19.3. The van der Waals surface area contributed by atoms with Crippen LogP contribution in [-0.4, -0.2) is 34.8 Å². The van der Waals surface area contributed by atoms with Crippen LogP contribution in [0.3, 0.4) is 0 Å². The lowest BCUT2D eigenvalue weighted by Gasteiger charge is -2.05. The summed E-state index contributed by atoms with van der Waals surface area (Å²) in [5.74, 6) is 1.21. The molecule has 0 bridgehead atoms. The SMILES string of the molecule is COC(=S)CCC(=S)OC[C@H]1CS1. The second-order valence-corrected chi connectivity index (χ2v) is 4.96. The topological polar surface area (TPSA) is 18.5 Å². The number of methoxy groups -OCH3 is 1. The van der Waals surface area contributed by atoms with Crippen LogP contribution in [0.25, 0.3) is 0 Å². The minimum atomic E-state index is 0.590. The second-order valence-electron chi connectivity index (χ2n) is 2.71. The summed E-state index contributed by atoms with van der Waals surface area (Å²) in [6, 6.07) is 0. The molecule has 13 heavy (non-hydrogen) atoms. The van der Waals surface area contributed by atoms with Crippen LogP contribution in [0, 0.1) is 0 Å². The van der Waals surface area contributed by atoms with E-state index in [1.807, 2.05) is 11.8 Å². The monoisotopic (exact) mass is 236 g/mol. The third-order valence-electron chi connectivity index (χ3n) is 1.59. The highest BCUT2D eigenvalue weighted by Crippen LogP contribution is 2.30. The van der Waals surface area contributed by atoms with E-state index in [1.165, 1.54) is 5.75 Å². The Morgan fingerprint density at radius 3 is 2.54 bits per heavy atom. The van der Waals surface area contributed by atoms with Gasteiger partial charge in [0.05, 0.1) is 7.11 Å². The molecule has 0 aromatic heterocycles. The van der Waals surface area contributed by atoms with Gasteiger partial charge in [-0.2, -0.15) is 11.8 Å². The average molecular weight is 236 g/mol. The Hall–Kier alpha value is 0.130. The first-order chi connectivity index (χ1) is 6.22. The molecule has 1 rings (SSSR count). The van der Waals surface area contributed by atoms with E-state index in [4.69, 9.17) is 33.9 Å². The number of rotatable bonds is 5. The highest BCUT2D eigenvalue weighted by Gasteiger charge is 2.23. The first-order valence-corrected chi connectivity index (χ1v) is 5.93. The summed E-state index contributed by atoms with van der Waals surface area (Å²) in [5.41, 5.74) is 0. The van der Waals surface area contributed by atoms with E-state index in [2.05, 4.69) is 0 Å². The smallest absolute Gasteiger partial charge is 0.160 e. The molecule has 0 saturated carbocycles. The summed E-state index contributed by atoms with van der Waals surface area (Å²) < 4.78 is 10.2. The van der Waals surface area contributed by atoms with Gasteiger partial charge >= 0.3 is 0 Å². The average Bonchev–Trinajstić information content (AvgIpc) is 2.94. The summed E-state index contributed by atoms with van der Waals surface area (Å²) in [7, 11) is 1.58. The Morgan fingerprint density at radius 2 is 2.00 bits per heavy atom. The molecule has 0 amide bonds. The first kappa shape index (κ1) is 11.2. The van der Waals surface area contributed by atoms with Crippen molar-refractivity contribution < 1.29 is 9.47 Å². The molecule has 0 aromatic rings. The standard InChI is InChI=1S/C8H12O2S3/c1-9-7(11)2-3-8(12)10-4-6-5-13-6/h6H,2-5H2,1H3/t6-/m0/s1. The molecule has 1 aliphatic rings. The predicted molar refractivity (Wildman–Crippen MR) is 63.6 cm³/mol. The van der Waals surface area contributed by atoms with Crippen molar-refractivity contribution in [1.29, 1.82) is 0 Å². The molecule has 0 N–H and O–H groups in total. The van der Waals surface area contributed by atoms with Crippen LogP contribution in [0.15, 0.2) is 0 Å². The summed E-state index contributed by atoms with van der Waals surface area (Å²) in [6.07, 6.45) is 1.38. The van der Waals surface area contributed by atoms with Crippen molar-refractivity contribution >= 4 is 46.3 Å². The van der Waals surface area contributed by atoms with Crippen LogP contribution in [0.4, 0.5) is 0 Å². The molecule has 1 atom stereocenters. The summed E-state index contributed by atoms with van der Waals surface area (Å²) in [4.78, 5) is 0. The van der Waals surface area contributed by atoms with Crippen LogP contribution in [0.2, 0.25) is 0 Å². The van der Waals surface area contributed by atoms with E-state index in [9.17, 15) is 0 Å². The lowest BCUT2D eigenvalue weighted by atomic mass is 10.3. The Morgan fingerprint density at radius 1 is 1.38 bits per heavy atom. The largest absolute Gasteiger partial charge is 0.490 e. The molecule has 0 unspecified atom stereocenters. The molecule has 74 valence electrons. The Bertz CT molecular complexity index is 202. The summed E-state index contributed by atoms with van der Waals surface area (Å²) in [6.45, 7) is 0.753. The molecular formula is C8H12O2S3. The van der Waals surface area contributed by atoms with Gasteiger partial charge < -0.3 is 9.47 Å². The van der Waals surface area contributed by atoms with Crippen molar-refractivity contribution in [3.63, 3.8) is 0 Å². The van der Waals surface area contributed by atoms with Crippen molar-refractivity contribution in [2.24, 2.45) is 0 Å². The third-order valence-corrected chi connectivity index (χ3v) is 3.23. The lowest BCUT2D eigenvalue weighted by molar-refractivity contribution is 0.316. The van der Waals surface area contributed by atoms with Crippen molar-refractivity contribution in [3.8, 4) is 0 Å². The molecule has 1 fully saturated rings. The zero-order valence-corrected chi connectivity index (χ0v) is 9.90. The van der Waals surface area contributed by atoms with E-state index < -0.39 is 0 Å². The molecular weight excluding hydrogens is 224 g/mol. The molecule has 2 nitrogen and oxygen atoms in total. The predicted octanol–water partition coefficient (Wildman–Crippen LogP) is 2.20. The van der Waals surface area contributed by atoms with Crippen LogP contribution in [-0.2, 0) is 9.47 Å². The minimum Gasteiger partial charge on any atom is -0.490 e. The summed E-state index contributed by atoms with van der Waals surface area (Å²) >= 11 is 11.8. The maximum atomic E-state index is 5.36. The van der Waals surface area contributed by atoms with Gasteiger partial charge in [0.15, 0.2) is 10.1 Å². The van der Waals surface area contributed by atoms with Gasteiger partial charge in [0.2, 0.25) is 0 Å². The van der Waals surface area contributed by atoms with Crippen molar-refractivity contribution in [2.45, 2.75) is 18.1 Å². The Balaban J connectivity index is 1.99. The van der Waals surface area contributed by atoms with E-state index in [-0.39, 0.29) is 0 Å². The molecule has 1 saturated heterocycles. The Labute approximate surface area is 93.4 Å². The van der Waals surface area contributed by atoms with Gasteiger partial charge in [0.1, 0.15) is 6.61 Å². The maximum absolute atomic E-state index is 5.36. The number of hydrogen-bond acceptors (Lipinski definition) is 5. The molecule has 0 radical (unpaired) electrons. The maximum Gasteiger partial charge on any atom is 0.160 e. The molecule has 0 aromatic carbocycles. The van der Waals surface area contributed by atoms with Gasteiger partial charge in [-0.15, -0.1) is 0 Å². The van der Waals surface area contributed by atoms with Gasteiger partial charge in [-0.05, 0) is 24.4 Å². The fourth-order valence-corrected chi connectivity index (χ4v) is 1.40. The number of thioether (sulfide) groups is 1. The van der Waals surface area contributed by atoms with E-state index in [0.717, 1.165) is 6.61 Å². The zero-order valence-electron chi connectivity index (χ0n) is 7.45. The van der Waals surface area contributed by atoms with Crippen molar-refractivity contribution in [1.82, 2.24) is 0 Å². The van der Waals surface area contributed by atoms with Crippen LogP contribution < -0.4 is 0 Å². The fourth-order valence-electron chi connectivity index (χ4n) is 0.729. The molecule has 0 aliphatic carbocycles. The van der Waals surface area contributed by atoms with Crippen molar-refractivity contribution in [2.75, 3.05) is 19.5 Å². The van der Waals surface area contributed by atoms with Gasteiger partial charge in [-0.3, -0.25) is 0 Å². The van der Waals surface area contributed by atoms with Gasteiger partial charge in [-0.25, -0.2) is 0 Å². The van der Waals surface area contributed by atoms with Crippen LogP contribution in [0.1, 0.15) is 12.8 Å². The molecule has 0 spiro atoms. The first-order valence-electron chi connectivity index (χ1n) is 4.06. The molecule has 5 heteroatoms. The quantitative estimate of drug-likeness (QED) is 0.536. The van der Waals surface area contributed by atoms with Gasteiger partial charge in [0.25, 0.3) is 0 Å². The lowest BCUT2D eigenvalue weighted by Crippen LogP contribution is -2.09.